The molecule has 0 radical (unpaired) electrons. The third-order valence-corrected chi connectivity index (χ3v) is 7.97. The Labute approximate surface area is 193 Å². The van der Waals surface area contributed by atoms with Gasteiger partial charge in [-0.15, -0.1) is 34.9 Å². The number of carboxylic acids is 1. The fraction of sp³-hybridized carbons (Fsp3) is 0.294. The number of rotatable bonds is 7. The first-order valence-corrected chi connectivity index (χ1v) is 12.0. The molecule has 15 heteroatoms. The summed E-state index contributed by atoms with van der Waals surface area (Å²) in [6.45, 7) is 0. The summed E-state index contributed by atoms with van der Waals surface area (Å²) in [5.41, 5.74) is 6.09. The van der Waals surface area contributed by atoms with Crippen molar-refractivity contribution in [2.75, 3.05) is 11.5 Å². The molecule has 2 aromatic heterocycles. The van der Waals surface area contributed by atoms with Crippen LogP contribution >= 0.6 is 34.9 Å². The lowest BCUT2D eigenvalue weighted by Crippen LogP contribution is -2.71. The van der Waals surface area contributed by atoms with Crippen molar-refractivity contribution in [1.82, 2.24) is 25.0 Å². The summed E-state index contributed by atoms with van der Waals surface area (Å²) in [6.07, 6.45) is 3.53. The summed E-state index contributed by atoms with van der Waals surface area (Å²) in [4.78, 5) is 42.9. The van der Waals surface area contributed by atoms with Crippen LogP contribution < -0.4 is 11.1 Å². The number of carboxylic acid groups (broad SMARTS) is 1. The lowest BCUT2D eigenvalue weighted by molar-refractivity contribution is -0.150. The second-order valence-electron chi connectivity index (χ2n) is 6.77. The van der Waals surface area contributed by atoms with Crippen molar-refractivity contribution in [1.29, 1.82) is 0 Å². The number of thioether (sulfide) groups is 2. The fourth-order valence-electron chi connectivity index (χ4n) is 3.24. The number of aromatic nitrogens is 3. The number of aryl methyl sites for hydroxylation is 1. The predicted molar refractivity (Wildman–Crippen MR) is 119 cm³/mol. The van der Waals surface area contributed by atoms with E-state index < -0.39 is 29.2 Å². The van der Waals surface area contributed by atoms with Crippen molar-refractivity contribution < 1.29 is 24.7 Å². The smallest absolute Gasteiger partial charge is 0.353 e. The molecule has 0 bridgehead atoms. The van der Waals surface area contributed by atoms with Crippen molar-refractivity contribution in [3.63, 3.8) is 0 Å². The van der Waals surface area contributed by atoms with Gasteiger partial charge in [0.05, 0.1) is 6.20 Å². The Bertz CT molecular complexity index is 1160. The second-order valence-corrected chi connectivity index (χ2v) is 9.83. The van der Waals surface area contributed by atoms with Crippen LogP contribution in [0.2, 0.25) is 0 Å². The van der Waals surface area contributed by atoms with E-state index in [1.807, 2.05) is 6.20 Å². The van der Waals surface area contributed by atoms with Crippen molar-refractivity contribution in [3.05, 3.63) is 39.6 Å². The van der Waals surface area contributed by atoms with Crippen molar-refractivity contribution in [2.24, 2.45) is 12.2 Å². The molecule has 0 aliphatic carbocycles. The van der Waals surface area contributed by atoms with Gasteiger partial charge in [0.25, 0.3) is 11.8 Å². The first kappa shape index (κ1) is 22.2. The number of amides is 2. The molecule has 0 aromatic carbocycles. The molecule has 2 aliphatic heterocycles. The molecule has 1 fully saturated rings. The topological polar surface area (TPSA) is 176 Å². The number of nitrogens with one attached hydrogen (secondary N) is 1. The van der Waals surface area contributed by atoms with E-state index >= 15 is 0 Å². The van der Waals surface area contributed by atoms with E-state index in [-0.39, 0.29) is 22.2 Å². The number of thiazole rings is 1. The summed E-state index contributed by atoms with van der Waals surface area (Å²) in [5.74, 6) is -1.69. The third-order valence-electron chi connectivity index (χ3n) is 4.67. The highest BCUT2D eigenvalue weighted by molar-refractivity contribution is 8.05. The van der Waals surface area contributed by atoms with E-state index in [2.05, 4.69) is 20.6 Å². The van der Waals surface area contributed by atoms with Crippen molar-refractivity contribution in [2.45, 2.75) is 17.2 Å². The van der Waals surface area contributed by atoms with Crippen LogP contribution in [0.25, 0.3) is 0 Å². The van der Waals surface area contributed by atoms with E-state index in [4.69, 9.17) is 5.73 Å². The maximum atomic E-state index is 12.8. The van der Waals surface area contributed by atoms with Crippen LogP contribution in [0.5, 0.6) is 0 Å². The molecule has 12 nitrogen and oxygen atoms in total. The normalized spacial score (nSPS) is 20.7. The van der Waals surface area contributed by atoms with Crippen LogP contribution in [-0.4, -0.2) is 70.6 Å². The number of nitrogens with two attached hydrogens (primary N) is 1. The predicted octanol–water partition coefficient (Wildman–Crippen LogP) is 0.267. The minimum absolute atomic E-state index is 0.0765. The van der Waals surface area contributed by atoms with Gasteiger partial charge in [-0.25, -0.2) is 9.78 Å². The van der Waals surface area contributed by atoms with E-state index in [9.17, 15) is 24.7 Å². The zero-order valence-corrected chi connectivity index (χ0v) is 18.9. The van der Waals surface area contributed by atoms with Gasteiger partial charge < -0.3 is 21.4 Å². The average molecular weight is 496 g/mol. The minimum atomic E-state index is -1.21. The van der Waals surface area contributed by atoms with Gasteiger partial charge in [0, 0.05) is 40.6 Å². The summed E-state index contributed by atoms with van der Waals surface area (Å²) >= 11 is 3.75. The first-order valence-electron chi connectivity index (χ1n) is 9.06. The Kier molecular flexibility index (Phi) is 6.12. The molecule has 2 amide bonds. The number of nitrogen functional groups attached to an aromatic ring is 1. The lowest BCUT2D eigenvalue weighted by atomic mass is 10.0. The van der Waals surface area contributed by atoms with Crippen molar-refractivity contribution >= 4 is 63.5 Å². The molecule has 2 atom stereocenters. The lowest BCUT2D eigenvalue weighted by Gasteiger charge is -2.49. The number of aliphatic carboxylic acids is 1. The third kappa shape index (κ3) is 4.05. The molecule has 5 N–H and O–H groups in total. The number of hydrogen-bond acceptors (Lipinski definition) is 11. The molecule has 1 saturated heterocycles. The van der Waals surface area contributed by atoms with Gasteiger partial charge in [0.2, 0.25) is 0 Å². The van der Waals surface area contributed by atoms with Crippen LogP contribution in [0.15, 0.2) is 33.5 Å². The summed E-state index contributed by atoms with van der Waals surface area (Å²) in [7, 11) is 1.79. The summed E-state index contributed by atoms with van der Waals surface area (Å²) < 4.78 is 1.66. The maximum absolute atomic E-state index is 12.8. The molecule has 32 heavy (non-hydrogen) atoms. The van der Waals surface area contributed by atoms with Gasteiger partial charge in [-0.3, -0.25) is 19.2 Å². The highest BCUT2D eigenvalue weighted by Gasteiger charge is 2.54. The SMILES string of the molecule is Cn1cc(CSC2=C(C(=O)O)N3C(=O)[C@@H](NC(=O)/C(=N\O)c4csc(N)n4)[C@@H]3SC2)cn1. The van der Waals surface area contributed by atoms with E-state index in [0.717, 1.165) is 16.9 Å². The molecule has 0 spiro atoms. The van der Waals surface area contributed by atoms with E-state index in [1.54, 1.807) is 17.9 Å². The fourth-order valence-corrected chi connectivity index (χ4v) is 6.33. The van der Waals surface area contributed by atoms with Gasteiger partial charge in [-0.1, -0.05) is 5.16 Å². The molecular weight excluding hydrogens is 478 g/mol. The Balaban J connectivity index is 1.48. The van der Waals surface area contributed by atoms with Gasteiger partial charge >= 0.3 is 5.97 Å². The highest BCUT2D eigenvalue weighted by atomic mass is 32.2. The quantitative estimate of drug-likeness (QED) is 0.180. The van der Waals surface area contributed by atoms with Gasteiger partial charge in [0.15, 0.2) is 10.8 Å². The van der Waals surface area contributed by atoms with Gasteiger partial charge in [0.1, 0.15) is 22.8 Å². The zero-order valence-electron chi connectivity index (χ0n) is 16.5. The highest BCUT2D eigenvalue weighted by Crippen LogP contribution is 2.44. The Morgan fingerprint density at radius 1 is 1.47 bits per heavy atom. The largest absolute Gasteiger partial charge is 0.477 e. The van der Waals surface area contributed by atoms with Crippen LogP contribution in [0.1, 0.15) is 11.3 Å². The maximum Gasteiger partial charge on any atom is 0.353 e. The standard InChI is InChI=1S/C17H17N7O5S3/c1-23-3-7(2-19-23)4-30-9-6-31-15-11(14(26)24(15)12(9)16(27)28)21-13(25)10(22-29)8-5-32-17(18)20-8/h2-3,5,11,15,29H,4,6H2,1H3,(H2,18,20)(H,21,25)(H,27,28)/b22-10-/t11-,15+/m1/s1. The number of carbonyl (C=O) groups is 3. The number of anilines is 1. The molecule has 2 aromatic rings. The number of oxime groups is 1. The molecule has 0 unspecified atom stereocenters. The number of β-lactam (4-membered cyclic amide) rings is 1. The molecule has 168 valence electrons. The van der Waals surface area contributed by atoms with Crippen molar-refractivity contribution in [3.8, 4) is 0 Å². The second kappa shape index (κ2) is 8.84. The Morgan fingerprint density at radius 2 is 2.25 bits per heavy atom. The Morgan fingerprint density at radius 3 is 2.84 bits per heavy atom. The zero-order chi connectivity index (χ0) is 23.0. The van der Waals surface area contributed by atoms with Gasteiger partial charge in [-0.2, -0.15) is 5.10 Å². The van der Waals surface area contributed by atoms with Gasteiger partial charge in [-0.05, 0) is 0 Å². The molecule has 2 aliphatic rings. The number of fused-ring (bicyclic) bond motifs is 1. The minimum Gasteiger partial charge on any atom is -0.477 e. The molecular formula is C17H17N7O5S3. The van der Waals surface area contributed by atoms with Crippen LogP contribution in [0.3, 0.4) is 0 Å². The molecule has 4 rings (SSSR count). The van der Waals surface area contributed by atoms with Crippen LogP contribution in [0.4, 0.5) is 5.13 Å². The number of nitrogens with zero attached hydrogens (tertiary/aromatic N) is 5. The average Bonchev–Trinajstić information content (AvgIpc) is 3.38. The Hall–Kier alpha value is -3.04. The van der Waals surface area contributed by atoms with E-state index in [0.29, 0.717) is 16.4 Å². The molecule has 0 saturated carbocycles. The van der Waals surface area contributed by atoms with Crippen LogP contribution in [-0.2, 0) is 27.2 Å². The number of carbonyl (C=O) groups excluding carboxylic acids is 2. The van der Waals surface area contributed by atoms with Crippen LogP contribution in [0, 0.1) is 0 Å². The molecule has 4 heterocycles. The summed E-state index contributed by atoms with van der Waals surface area (Å²) in [5, 5.41) is 29.6. The summed E-state index contributed by atoms with van der Waals surface area (Å²) in [6, 6.07) is -0.959. The monoisotopic (exact) mass is 495 g/mol. The number of hydrogen-bond donors (Lipinski definition) is 4. The van der Waals surface area contributed by atoms with E-state index in [1.165, 1.54) is 33.8 Å². The first-order chi connectivity index (χ1) is 15.3.